The van der Waals surface area contributed by atoms with Crippen LogP contribution in [-0.2, 0) is 0 Å². The van der Waals surface area contributed by atoms with Crippen molar-refractivity contribution in [3.8, 4) is 22.5 Å². The molecule has 0 atom stereocenters. The van der Waals surface area contributed by atoms with Crippen molar-refractivity contribution in [2.45, 2.75) is 0 Å². The van der Waals surface area contributed by atoms with Gasteiger partial charge in [0.1, 0.15) is 5.82 Å². The molecule has 0 saturated heterocycles. The van der Waals surface area contributed by atoms with E-state index in [4.69, 9.17) is 33.5 Å². The van der Waals surface area contributed by atoms with Crippen LogP contribution in [0, 0.1) is 5.82 Å². The quantitative estimate of drug-likeness (QED) is 0.719. The lowest BCUT2D eigenvalue weighted by Crippen LogP contribution is -1.89. The van der Waals surface area contributed by atoms with Gasteiger partial charge in [-0.1, -0.05) is 40.5 Å². The first-order valence-electron chi connectivity index (χ1n) is 6.03. The number of nitrogens with zero attached hydrogens (tertiary/aromatic N) is 1. The van der Waals surface area contributed by atoms with Gasteiger partial charge in [-0.2, -0.15) is 0 Å². The minimum absolute atomic E-state index is 0.0375. The van der Waals surface area contributed by atoms with Crippen molar-refractivity contribution in [3.05, 3.63) is 58.3 Å². The minimum atomic E-state index is -0.541. The highest BCUT2D eigenvalue weighted by molar-refractivity contribution is 6.31. The van der Waals surface area contributed by atoms with E-state index in [0.29, 0.717) is 21.9 Å². The monoisotopic (exact) mass is 322 g/mol. The van der Waals surface area contributed by atoms with Crippen molar-refractivity contribution in [1.29, 1.82) is 0 Å². The van der Waals surface area contributed by atoms with Crippen molar-refractivity contribution in [1.82, 2.24) is 5.16 Å². The first kappa shape index (κ1) is 13.9. The Morgan fingerprint density at radius 2 is 1.86 bits per heavy atom. The third-order valence-corrected chi connectivity index (χ3v) is 3.56. The SMILES string of the molecule is Nc1noc(-c2ccc(Cl)c(F)c2)c1-c1cccc(Cl)c1. The molecule has 0 unspecified atom stereocenters. The van der Waals surface area contributed by atoms with E-state index in [1.807, 2.05) is 6.07 Å². The van der Waals surface area contributed by atoms with Crippen molar-refractivity contribution in [2.24, 2.45) is 0 Å². The summed E-state index contributed by atoms with van der Waals surface area (Å²) in [7, 11) is 0. The van der Waals surface area contributed by atoms with Gasteiger partial charge in [-0.15, -0.1) is 0 Å². The molecule has 0 saturated carbocycles. The number of nitrogen functional groups attached to an aromatic ring is 1. The maximum atomic E-state index is 13.6. The molecule has 1 aromatic heterocycles. The summed E-state index contributed by atoms with van der Waals surface area (Å²) in [6, 6.07) is 11.5. The molecule has 1 heterocycles. The molecule has 0 spiro atoms. The van der Waals surface area contributed by atoms with Gasteiger partial charge >= 0.3 is 0 Å². The van der Waals surface area contributed by atoms with Crippen molar-refractivity contribution in [2.75, 3.05) is 5.73 Å². The second-order valence-corrected chi connectivity index (χ2v) is 5.25. The lowest BCUT2D eigenvalue weighted by atomic mass is 10.0. The molecule has 0 amide bonds. The zero-order valence-electron chi connectivity index (χ0n) is 10.6. The molecule has 21 heavy (non-hydrogen) atoms. The maximum absolute atomic E-state index is 13.6. The number of rotatable bonds is 2. The fraction of sp³-hybridized carbons (Fsp3) is 0. The third-order valence-electron chi connectivity index (χ3n) is 3.01. The van der Waals surface area contributed by atoms with Gasteiger partial charge in [0, 0.05) is 10.6 Å². The predicted molar refractivity (Wildman–Crippen MR) is 81.8 cm³/mol. The van der Waals surface area contributed by atoms with Gasteiger partial charge in [0.2, 0.25) is 0 Å². The summed E-state index contributed by atoms with van der Waals surface area (Å²) in [4.78, 5) is 0. The summed E-state index contributed by atoms with van der Waals surface area (Å²) in [5.74, 6) is 0.0362. The number of nitrogens with two attached hydrogens (primary N) is 1. The predicted octanol–water partition coefficient (Wildman–Crippen LogP) is 5.04. The first-order chi connectivity index (χ1) is 10.1. The van der Waals surface area contributed by atoms with Crippen LogP contribution in [0.25, 0.3) is 22.5 Å². The molecule has 3 nitrogen and oxygen atoms in total. The molecule has 2 N–H and O–H groups in total. The second-order valence-electron chi connectivity index (χ2n) is 4.41. The second kappa shape index (κ2) is 5.39. The molecule has 3 rings (SSSR count). The molecular weight excluding hydrogens is 314 g/mol. The average molecular weight is 323 g/mol. The summed E-state index contributed by atoms with van der Waals surface area (Å²) in [5.41, 5.74) is 7.67. The smallest absolute Gasteiger partial charge is 0.177 e. The van der Waals surface area contributed by atoms with E-state index >= 15 is 0 Å². The van der Waals surface area contributed by atoms with Crippen LogP contribution in [-0.4, -0.2) is 5.16 Å². The fourth-order valence-electron chi connectivity index (χ4n) is 2.06. The zero-order chi connectivity index (χ0) is 15.0. The van der Waals surface area contributed by atoms with Gasteiger partial charge in [-0.3, -0.25) is 0 Å². The molecule has 0 fully saturated rings. The number of hydrogen-bond acceptors (Lipinski definition) is 3. The summed E-state index contributed by atoms with van der Waals surface area (Å²) in [6.07, 6.45) is 0. The van der Waals surface area contributed by atoms with E-state index in [1.54, 1.807) is 24.3 Å². The van der Waals surface area contributed by atoms with E-state index in [1.165, 1.54) is 12.1 Å². The van der Waals surface area contributed by atoms with Crippen LogP contribution >= 0.6 is 23.2 Å². The highest BCUT2D eigenvalue weighted by Crippen LogP contribution is 2.38. The Labute approximate surface area is 130 Å². The van der Waals surface area contributed by atoms with Gasteiger partial charge in [0.25, 0.3) is 0 Å². The number of anilines is 1. The van der Waals surface area contributed by atoms with E-state index in [-0.39, 0.29) is 10.8 Å². The van der Waals surface area contributed by atoms with Gasteiger partial charge in [0.05, 0.1) is 10.6 Å². The molecule has 6 heteroatoms. The first-order valence-corrected chi connectivity index (χ1v) is 6.78. The fourth-order valence-corrected chi connectivity index (χ4v) is 2.37. The molecule has 0 radical (unpaired) electrons. The number of hydrogen-bond donors (Lipinski definition) is 1. The lowest BCUT2D eigenvalue weighted by molar-refractivity contribution is 0.436. The summed E-state index contributed by atoms with van der Waals surface area (Å²) in [6.45, 7) is 0. The Balaban J connectivity index is 2.19. The van der Waals surface area contributed by atoms with Crippen LogP contribution in [0.4, 0.5) is 10.2 Å². The Hall–Kier alpha value is -2.04. The summed E-state index contributed by atoms with van der Waals surface area (Å²) in [5, 5.41) is 4.35. The van der Waals surface area contributed by atoms with Crippen molar-refractivity contribution in [3.63, 3.8) is 0 Å². The Kier molecular flexibility index (Phi) is 3.57. The standard InChI is InChI=1S/C15H9Cl2FN2O/c16-10-3-1-2-8(6-10)13-14(21-20-15(13)19)9-4-5-11(17)12(18)7-9/h1-7H,(H2,19,20). The van der Waals surface area contributed by atoms with Gasteiger partial charge in [-0.25, -0.2) is 4.39 Å². The van der Waals surface area contributed by atoms with Gasteiger partial charge in [-0.05, 0) is 35.9 Å². The average Bonchev–Trinajstić information content (AvgIpc) is 2.84. The molecule has 0 aliphatic carbocycles. The van der Waals surface area contributed by atoms with Gasteiger partial charge in [0.15, 0.2) is 11.6 Å². The van der Waals surface area contributed by atoms with E-state index < -0.39 is 5.82 Å². The largest absolute Gasteiger partial charge is 0.380 e. The highest BCUT2D eigenvalue weighted by Gasteiger charge is 2.18. The Bertz CT molecular complexity index is 817. The van der Waals surface area contributed by atoms with Crippen LogP contribution < -0.4 is 5.73 Å². The van der Waals surface area contributed by atoms with Crippen LogP contribution in [0.2, 0.25) is 10.0 Å². The summed E-state index contributed by atoms with van der Waals surface area (Å²) >= 11 is 11.7. The van der Waals surface area contributed by atoms with Crippen LogP contribution in [0.1, 0.15) is 0 Å². The number of benzene rings is 2. The molecule has 3 aromatic rings. The summed E-state index contributed by atoms with van der Waals surface area (Å²) < 4.78 is 18.9. The maximum Gasteiger partial charge on any atom is 0.177 e. The van der Waals surface area contributed by atoms with Crippen LogP contribution in [0.5, 0.6) is 0 Å². The Morgan fingerprint density at radius 1 is 1.05 bits per heavy atom. The molecule has 0 bridgehead atoms. The number of halogens is 3. The minimum Gasteiger partial charge on any atom is -0.380 e. The van der Waals surface area contributed by atoms with Crippen molar-refractivity contribution < 1.29 is 8.91 Å². The van der Waals surface area contributed by atoms with Crippen LogP contribution in [0.3, 0.4) is 0 Å². The Morgan fingerprint density at radius 3 is 2.57 bits per heavy atom. The lowest BCUT2D eigenvalue weighted by Gasteiger charge is -2.04. The molecule has 106 valence electrons. The van der Waals surface area contributed by atoms with Crippen molar-refractivity contribution >= 4 is 29.0 Å². The normalized spacial score (nSPS) is 10.8. The molecule has 0 aliphatic heterocycles. The van der Waals surface area contributed by atoms with E-state index in [9.17, 15) is 4.39 Å². The topological polar surface area (TPSA) is 52.0 Å². The zero-order valence-corrected chi connectivity index (χ0v) is 12.1. The molecular formula is C15H9Cl2FN2O. The van der Waals surface area contributed by atoms with E-state index in [0.717, 1.165) is 5.56 Å². The molecule has 2 aromatic carbocycles. The third kappa shape index (κ3) is 2.60. The molecule has 0 aliphatic rings. The van der Waals surface area contributed by atoms with E-state index in [2.05, 4.69) is 5.16 Å². The van der Waals surface area contributed by atoms with Gasteiger partial charge < -0.3 is 10.3 Å². The number of aromatic nitrogens is 1. The highest BCUT2D eigenvalue weighted by atomic mass is 35.5. The van der Waals surface area contributed by atoms with Crippen LogP contribution in [0.15, 0.2) is 47.0 Å².